The SMILES string of the molecule is CCCCCCCCCCCCCCOc1c(C(=O)O)ccc2c1C(=O)c1ccccc1-2. The first-order valence-electron chi connectivity index (χ1n) is 12.3. The van der Waals surface area contributed by atoms with E-state index in [1.807, 2.05) is 18.2 Å². The predicted octanol–water partition coefficient (Wildman–Crippen LogP) is 7.68. The Morgan fingerprint density at radius 2 is 1.31 bits per heavy atom. The number of carboxylic acid groups (broad SMARTS) is 1. The van der Waals surface area contributed by atoms with Gasteiger partial charge in [-0.15, -0.1) is 0 Å². The van der Waals surface area contributed by atoms with Gasteiger partial charge in [0.1, 0.15) is 11.3 Å². The highest BCUT2D eigenvalue weighted by Gasteiger charge is 2.32. The summed E-state index contributed by atoms with van der Waals surface area (Å²) in [6, 6.07) is 10.7. The minimum absolute atomic E-state index is 0.0591. The van der Waals surface area contributed by atoms with E-state index in [9.17, 15) is 14.7 Å². The number of carbonyl (C=O) groups is 2. The minimum atomic E-state index is -1.07. The van der Waals surface area contributed by atoms with Crippen LogP contribution in [0.15, 0.2) is 36.4 Å². The first-order valence-corrected chi connectivity index (χ1v) is 12.3. The average Bonchev–Trinajstić information content (AvgIpc) is 3.09. The molecule has 0 amide bonds. The summed E-state index contributed by atoms with van der Waals surface area (Å²) in [7, 11) is 0. The molecule has 4 nitrogen and oxygen atoms in total. The molecule has 3 rings (SSSR count). The Balaban J connectivity index is 1.44. The molecule has 0 fully saturated rings. The first kappa shape index (κ1) is 24.0. The van der Waals surface area contributed by atoms with Gasteiger partial charge in [-0.1, -0.05) is 108 Å². The second-order valence-corrected chi connectivity index (χ2v) is 8.78. The monoisotopic (exact) mass is 436 g/mol. The Morgan fingerprint density at radius 3 is 1.91 bits per heavy atom. The van der Waals surface area contributed by atoms with E-state index in [1.54, 1.807) is 18.2 Å². The van der Waals surface area contributed by atoms with Gasteiger partial charge in [-0.3, -0.25) is 4.79 Å². The normalized spacial score (nSPS) is 12.0. The Kier molecular flexibility index (Phi) is 9.33. The van der Waals surface area contributed by atoms with Gasteiger partial charge < -0.3 is 9.84 Å². The molecule has 0 spiro atoms. The Labute approximate surface area is 192 Å². The molecule has 2 aromatic carbocycles. The van der Waals surface area contributed by atoms with E-state index in [0.717, 1.165) is 24.0 Å². The number of rotatable bonds is 15. The van der Waals surface area contributed by atoms with Crippen LogP contribution in [-0.2, 0) is 0 Å². The van der Waals surface area contributed by atoms with Crippen molar-refractivity contribution in [1.29, 1.82) is 0 Å². The lowest BCUT2D eigenvalue weighted by Gasteiger charge is -2.13. The van der Waals surface area contributed by atoms with Gasteiger partial charge >= 0.3 is 5.97 Å². The van der Waals surface area contributed by atoms with Crippen LogP contribution in [0, 0.1) is 0 Å². The minimum Gasteiger partial charge on any atom is -0.492 e. The topological polar surface area (TPSA) is 63.6 Å². The maximum atomic E-state index is 12.9. The van der Waals surface area contributed by atoms with Crippen LogP contribution >= 0.6 is 0 Å². The zero-order chi connectivity index (χ0) is 22.8. The number of fused-ring (bicyclic) bond motifs is 3. The lowest BCUT2D eigenvalue weighted by molar-refractivity contribution is 0.0692. The molecule has 4 heteroatoms. The van der Waals surface area contributed by atoms with E-state index in [-0.39, 0.29) is 17.1 Å². The Morgan fingerprint density at radius 1 is 0.750 bits per heavy atom. The first-order chi connectivity index (χ1) is 15.6. The molecule has 0 bridgehead atoms. The van der Waals surface area contributed by atoms with Gasteiger partial charge in [0.05, 0.1) is 12.2 Å². The summed E-state index contributed by atoms with van der Waals surface area (Å²) in [6.07, 6.45) is 15.1. The van der Waals surface area contributed by atoms with Crippen molar-refractivity contribution in [3.05, 3.63) is 53.1 Å². The van der Waals surface area contributed by atoms with Gasteiger partial charge in [0, 0.05) is 5.56 Å². The molecule has 32 heavy (non-hydrogen) atoms. The van der Waals surface area contributed by atoms with Gasteiger partial charge in [-0.05, 0) is 23.6 Å². The molecule has 1 N–H and O–H groups in total. The zero-order valence-corrected chi connectivity index (χ0v) is 19.3. The van der Waals surface area contributed by atoms with Crippen molar-refractivity contribution in [3.63, 3.8) is 0 Å². The molecule has 0 unspecified atom stereocenters. The lowest BCUT2D eigenvalue weighted by Crippen LogP contribution is -2.09. The maximum absolute atomic E-state index is 12.9. The molecular weight excluding hydrogens is 400 g/mol. The van der Waals surface area contributed by atoms with Crippen LogP contribution in [0.1, 0.15) is 110 Å². The summed E-state index contributed by atoms with van der Waals surface area (Å²) in [6.45, 7) is 2.68. The molecule has 1 aliphatic rings. The van der Waals surface area contributed by atoms with E-state index in [2.05, 4.69) is 6.92 Å². The van der Waals surface area contributed by atoms with E-state index in [4.69, 9.17) is 4.74 Å². The summed E-state index contributed by atoms with van der Waals surface area (Å²) in [5.74, 6) is -0.996. The average molecular weight is 437 g/mol. The molecule has 0 atom stereocenters. The molecule has 0 heterocycles. The van der Waals surface area contributed by atoms with E-state index >= 15 is 0 Å². The fourth-order valence-corrected chi connectivity index (χ4v) is 4.52. The number of hydrogen-bond acceptors (Lipinski definition) is 3. The van der Waals surface area contributed by atoms with Gasteiger partial charge in [0.25, 0.3) is 0 Å². The van der Waals surface area contributed by atoms with Crippen LogP contribution < -0.4 is 4.74 Å². The van der Waals surface area contributed by atoms with Crippen molar-refractivity contribution in [1.82, 2.24) is 0 Å². The number of unbranched alkanes of at least 4 members (excludes halogenated alkanes) is 11. The second-order valence-electron chi connectivity index (χ2n) is 8.78. The van der Waals surface area contributed by atoms with Crippen molar-refractivity contribution in [2.24, 2.45) is 0 Å². The third kappa shape index (κ3) is 5.99. The van der Waals surface area contributed by atoms with Crippen LogP contribution in [0.25, 0.3) is 11.1 Å². The van der Waals surface area contributed by atoms with Crippen LogP contribution in [0.2, 0.25) is 0 Å². The number of ether oxygens (including phenoxy) is 1. The maximum Gasteiger partial charge on any atom is 0.339 e. The van der Waals surface area contributed by atoms with Crippen LogP contribution in [0.4, 0.5) is 0 Å². The molecule has 0 aliphatic heterocycles. The highest BCUT2D eigenvalue weighted by Crippen LogP contribution is 2.42. The number of carbonyl (C=O) groups excluding carboxylic acids is 1. The largest absolute Gasteiger partial charge is 0.492 e. The number of ketones is 1. The van der Waals surface area contributed by atoms with Crippen LogP contribution in [-0.4, -0.2) is 23.5 Å². The molecule has 0 aromatic heterocycles. The van der Waals surface area contributed by atoms with Crippen molar-refractivity contribution in [2.75, 3.05) is 6.61 Å². The van der Waals surface area contributed by atoms with Crippen molar-refractivity contribution >= 4 is 11.8 Å². The summed E-state index contributed by atoms with van der Waals surface area (Å²) < 4.78 is 5.93. The van der Waals surface area contributed by atoms with E-state index in [1.165, 1.54) is 64.2 Å². The molecular formula is C28H36O4. The summed E-state index contributed by atoms with van der Waals surface area (Å²) in [5, 5.41) is 9.61. The Hall–Kier alpha value is -2.62. The molecule has 0 radical (unpaired) electrons. The van der Waals surface area contributed by atoms with Crippen LogP contribution in [0.5, 0.6) is 5.75 Å². The highest BCUT2D eigenvalue weighted by atomic mass is 16.5. The Bertz CT molecular complexity index is 916. The van der Waals surface area contributed by atoms with Crippen LogP contribution in [0.3, 0.4) is 0 Å². The predicted molar refractivity (Wildman–Crippen MR) is 129 cm³/mol. The van der Waals surface area contributed by atoms with Crippen molar-refractivity contribution in [2.45, 2.75) is 84.0 Å². The second kappa shape index (κ2) is 12.4. The molecule has 1 aliphatic carbocycles. The highest BCUT2D eigenvalue weighted by molar-refractivity contribution is 6.24. The molecule has 0 saturated heterocycles. The van der Waals surface area contributed by atoms with E-state index < -0.39 is 5.97 Å². The number of benzene rings is 2. The smallest absolute Gasteiger partial charge is 0.339 e. The molecule has 0 saturated carbocycles. The number of hydrogen-bond donors (Lipinski definition) is 1. The molecule has 172 valence electrons. The third-order valence-corrected chi connectivity index (χ3v) is 6.32. The number of carboxylic acids is 1. The summed E-state index contributed by atoms with van der Waals surface area (Å²) >= 11 is 0. The summed E-state index contributed by atoms with van der Waals surface area (Å²) in [4.78, 5) is 24.7. The van der Waals surface area contributed by atoms with Gasteiger partial charge in [0.15, 0.2) is 5.78 Å². The van der Waals surface area contributed by atoms with Gasteiger partial charge in [0.2, 0.25) is 0 Å². The van der Waals surface area contributed by atoms with Gasteiger partial charge in [-0.25, -0.2) is 4.79 Å². The van der Waals surface area contributed by atoms with Crippen molar-refractivity contribution < 1.29 is 19.4 Å². The quantitative estimate of drug-likeness (QED) is 0.248. The lowest BCUT2D eigenvalue weighted by atomic mass is 10.0. The number of aromatic carboxylic acids is 1. The standard InChI is InChI=1S/C28H36O4/c1-2-3-4-5-6-7-8-9-10-11-12-15-20-32-27-24(28(30)31)19-18-22-21-16-13-14-17-23(21)26(29)25(22)27/h13-14,16-19H,2-12,15,20H2,1H3,(H,30,31). The fraction of sp³-hybridized carbons (Fsp3) is 0.500. The fourth-order valence-electron chi connectivity index (χ4n) is 4.52. The van der Waals surface area contributed by atoms with E-state index in [0.29, 0.717) is 17.7 Å². The summed E-state index contributed by atoms with van der Waals surface area (Å²) in [5.41, 5.74) is 2.68. The third-order valence-electron chi connectivity index (χ3n) is 6.32. The van der Waals surface area contributed by atoms with Gasteiger partial charge in [-0.2, -0.15) is 0 Å². The zero-order valence-electron chi connectivity index (χ0n) is 19.3. The van der Waals surface area contributed by atoms with Crippen molar-refractivity contribution in [3.8, 4) is 16.9 Å². The molecule has 2 aromatic rings.